The van der Waals surface area contributed by atoms with Crippen LogP contribution in [0.25, 0.3) is 5.57 Å². The Kier molecular flexibility index (Phi) is 5.52. The van der Waals surface area contributed by atoms with Gasteiger partial charge in [0.25, 0.3) is 0 Å². The lowest BCUT2D eigenvalue weighted by Gasteiger charge is -2.42. The summed E-state index contributed by atoms with van der Waals surface area (Å²) in [6.07, 6.45) is 4.50. The van der Waals surface area contributed by atoms with Crippen molar-refractivity contribution < 1.29 is 14.3 Å². The van der Waals surface area contributed by atoms with E-state index in [9.17, 15) is 14.3 Å². The average molecular weight is 413 g/mol. The Morgan fingerprint density at radius 2 is 2.17 bits per heavy atom. The molecule has 2 aromatic rings. The van der Waals surface area contributed by atoms with Gasteiger partial charge in [-0.25, -0.2) is 4.39 Å². The minimum absolute atomic E-state index is 0.00965. The van der Waals surface area contributed by atoms with E-state index in [4.69, 9.17) is 11.6 Å². The second-order valence-corrected chi connectivity index (χ2v) is 7.86. The molecule has 2 atom stereocenters. The summed E-state index contributed by atoms with van der Waals surface area (Å²) in [5.41, 5.74) is 4.84. The van der Waals surface area contributed by atoms with Crippen molar-refractivity contribution in [3.8, 4) is 0 Å². The minimum Gasteiger partial charge on any atom is -0.394 e. The summed E-state index contributed by atoms with van der Waals surface area (Å²) in [5.74, 6) is -0.606. The van der Waals surface area contributed by atoms with E-state index in [0.717, 1.165) is 22.3 Å². The van der Waals surface area contributed by atoms with Gasteiger partial charge in [-0.3, -0.25) is 9.79 Å². The molecule has 0 aromatic heterocycles. The van der Waals surface area contributed by atoms with E-state index in [-0.39, 0.29) is 31.0 Å². The first kappa shape index (κ1) is 19.8. The van der Waals surface area contributed by atoms with Crippen LogP contribution in [0.1, 0.15) is 35.2 Å². The van der Waals surface area contributed by atoms with Crippen LogP contribution < -0.4 is 0 Å². The van der Waals surface area contributed by atoms with Crippen molar-refractivity contribution in [1.82, 2.24) is 4.90 Å². The number of rotatable bonds is 4. The highest BCUT2D eigenvalue weighted by molar-refractivity contribution is 6.31. The van der Waals surface area contributed by atoms with Gasteiger partial charge in [0, 0.05) is 11.2 Å². The van der Waals surface area contributed by atoms with E-state index in [2.05, 4.69) is 17.1 Å². The number of nitrogens with zero attached hydrogens (tertiary/aromatic N) is 2. The summed E-state index contributed by atoms with van der Waals surface area (Å²) in [5, 5.41) is 10.4. The molecule has 2 aliphatic heterocycles. The van der Waals surface area contributed by atoms with Crippen LogP contribution in [0.3, 0.4) is 0 Å². The number of allylic oxidation sites excluding steroid dienone is 1. The van der Waals surface area contributed by atoms with Gasteiger partial charge in [-0.2, -0.15) is 0 Å². The van der Waals surface area contributed by atoms with Crippen LogP contribution in [0.4, 0.5) is 4.39 Å². The molecule has 2 heterocycles. The molecule has 1 N–H and O–H groups in total. The van der Waals surface area contributed by atoms with Crippen LogP contribution in [0.2, 0.25) is 5.02 Å². The SMILES string of the molecule is C[C@H]1c2cccc(C3=CCN=C3)c2C[C@H](CO)N1C(=O)Cc1cc(F)ccc1Cl. The van der Waals surface area contributed by atoms with Gasteiger partial charge in [0.15, 0.2) is 0 Å². The number of aliphatic hydroxyl groups excluding tert-OH is 1. The first-order valence-electron chi connectivity index (χ1n) is 9.67. The van der Waals surface area contributed by atoms with Gasteiger partial charge >= 0.3 is 0 Å². The van der Waals surface area contributed by atoms with Gasteiger partial charge < -0.3 is 10.0 Å². The Bertz CT molecular complexity index is 1020. The number of halogens is 2. The number of carbonyl (C=O) groups excluding carboxylic acids is 1. The van der Waals surface area contributed by atoms with Crippen LogP contribution in [-0.4, -0.2) is 41.3 Å². The third-order valence-corrected chi connectivity index (χ3v) is 6.09. The molecule has 0 aliphatic carbocycles. The van der Waals surface area contributed by atoms with E-state index in [0.29, 0.717) is 23.6 Å². The molecule has 4 rings (SSSR count). The predicted molar refractivity (Wildman–Crippen MR) is 113 cm³/mol. The Hall–Kier alpha value is -2.50. The molecule has 4 nitrogen and oxygen atoms in total. The number of benzene rings is 2. The van der Waals surface area contributed by atoms with Gasteiger partial charge in [0.1, 0.15) is 5.82 Å². The first-order valence-corrected chi connectivity index (χ1v) is 10.1. The van der Waals surface area contributed by atoms with Gasteiger partial charge in [-0.15, -0.1) is 0 Å². The number of aliphatic imine (C=N–C) groups is 1. The van der Waals surface area contributed by atoms with Crippen LogP contribution >= 0.6 is 11.6 Å². The number of carbonyl (C=O) groups is 1. The number of hydrogen-bond acceptors (Lipinski definition) is 3. The van der Waals surface area contributed by atoms with Crippen molar-refractivity contribution in [2.75, 3.05) is 13.2 Å². The van der Waals surface area contributed by atoms with Crippen LogP contribution in [0.5, 0.6) is 0 Å². The monoisotopic (exact) mass is 412 g/mol. The Morgan fingerprint density at radius 3 is 2.90 bits per heavy atom. The maximum Gasteiger partial charge on any atom is 0.227 e. The van der Waals surface area contributed by atoms with E-state index in [1.54, 1.807) is 4.90 Å². The molecule has 0 spiro atoms. The van der Waals surface area contributed by atoms with E-state index in [1.165, 1.54) is 18.2 Å². The largest absolute Gasteiger partial charge is 0.394 e. The van der Waals surface area contributed by atoms with Crippen molar-refractivity contribution in [2.45, 2.75) is 31.8 Å². The molecule has 1 amide bonds. The Balaban J connectivity index is 1.67. The Morgan fingerprint density at radius 1 is 1.34 bits per heavy atom. The quantitative estimate of drug-likeness (QED) is 0.825. The van der Waals surface area contributed by atoms with Crippen molar-refractivity contribution in [2.24, 2.45) is 4.99 Å². The number of fused-ring (bicyclic) bond motifs is 1. The molecule has 0 saturated carbocycles. The van der Waals surface area contributed by atoms with Gasteiger partial charge in [-0.05, 0) is 59.4 Å². The lowest BCUT2D eigenvalue weighted by atomic mass is 9.83. The fraction of sp³-hybridized carbons (Fsp3) is 0.304. The maximum atomic E-state index is 13.6. The molecule has 0 saturated heterocycles. The number of aliphatic hydroxyl groups is 1. The zero-order valence-corrected chi connectivity index (χ0v) is 16.9. The average Bonchev–Trinajstić information content (AvgIpc) is 3.24. The maximum absolute atomic E-state index is 13.6. The van der Waals surface area contributed by atoms with Crippen molar-refractivity contribution in [3.63, 3.8) is 0 Å². The van der Waals surface area contributed by atoms with Gasteiger partial charge in [0.2, 0.25) is 5.91 Å². The summed E-state index contributed by atoms with van der Waals surface area (Å²) in [6.45, 7) is 2.50. The molecule has 29 heavy (non-hydrogen) atoms. The topological polar surface area (TPSA) is 52.9 Å². The van der Waals surface area contributed by atoms with Crippen LogP contribution in [-0.2, 0) is 17.6 Å². The van der Waals surface area contributed by atoms with E-state index < -0.39 is 5.82 Å². The number of amides is 1. The molecule has 0 fully saturated rings. The minimum atomic E-state index is -0.427. The van der Waals surface area contributed by atoms with Crippen molar-refractivity contribution >= 4 is 29.3 Å². The Labute approximate surface area is 174 Å². The van der Waals surface area contributed by atoms with E-state index >= 15 is 0 Å². The molecule has 0 radical (unpaired) electrons. The summed E-state index contributed by atoms with van der Waals surface area (Å²) in [7, 11) is 0. The lowest BCUT2D eigenvalue weighted by Crippen LogP contribution is -2.49. The highest BCUT2D eigenvalue weighted by Crippen LogP contribution is 2.37. The van der Waals surface area contributed by atoms with Crippen LogP contribution in [0, 0.1) is 5.82 Å². The molecular formula is C23H22ClFN2O2. The van der Waals surface area contributed by atoms with E-state index in [1.807, 2.05) is 25.3 Å². The fourth-order valence-corrected chi connectivity index (χ4v) is 4.52. The highest BCUT2D eigenvalue weighted by Gasteiger charge is 2.36. The molecule has 0 bridgehead atoms. The van der Waals surface area contributed by atoms with Crippen LogP contribution in [0.15, 0.2) is 47.5 Å². The molecule has 2 aromatic carbocycles. The lowest BCUT2D eigenvalue weighted by molar-refractivity contribution is -0.137. The van der Waals surface area contributed by atoms with Gasteiger partial charge in [0.05, 0.1) is 31.7 Å². The van der Waals surface area contributed by atoms with Gasteiger partial charge in [-0.1, -0.05) is 35.9 Å². The zero-order chi connectivity index (χ0) is 20.5. The molecule has 2 aliphatic rings. The molecule has 0 unspecified atom stereocenters. The summed E-state index contributed by atoms with van der Waals surface area (Å²) in [6, 6.07) is 9.54. The zero-order valence-electron chi connectivity index (χ0n) is 16.1. The molecular weight excluding hydrogens is 391 g/mol. The molecule has 6 heteroatoms. The molecule has 150 valence electrons. The third kappa shape index (κ3) is 3.72. The summed E-state index contributed by atoms with van der Waals surface area (Å²) < 4.78 is 13.6. The predicted octanol–water partition coefficient (Wildman–Crippen LogP) is 4.00. The fourth-order valence-electron chi connectivity index (χ4n) is 4.33. The second-order valence-electron chi connectivity index (χ2n) is 7.46. The first-order chi connectivity index (χ1) is 14.0. The summed E-state index contributed by atoms with van der Waals surface area (Å²) in [4.78, 5) is 19.2. The standard InChI is InChI=1S/C23H22ClFN2O2/c1-14-19-3-2-4-20(15-7-8-26-12-15)21(19)11-18(13-28)27(14)23(29)10-16-9-17(25)5-6-22(16)24/h2-7,9,12,14,18,28H,8,10-11,13H2,1H3/t14-,18+/m0/s1. The number of hydrogen-bond donors (Lipinski definition) is 1. The third-order valence-electron chi connectivity index (χ3n) is 5.72. The smallest absolute Gasteiger partial charge is 0.227 e. The van der Waals surface area contributed by atoms with Crippen molar-refractivity contribution in [1.29, 1.82) is 0 Å². The second kappa shape index (κ2) is 8.09. The summed E-state index contributed by atoms with van der Waals surface area (Å²) >= 11 is 6.16. The van der Waals surface area contributed by atoms with Crippen molar-refractivity contribution in [3.05, 3.63) is 75.6 Å². The highest BCUT2D eigenvalue weighted by atomic mass is 35.5. The normalized spacial score (nSPS) is 20.6.